The molecule has 102 valence electrons. The van der Waals surface area contributed by atoms with Crippen LogP contribution in [0.15, 0.2) is 6.07 Å². The maximum absolute atomic E-state index is 12.6. The van der Waals surface area contributed by atoms with Crippen molar-refractivity contribution in [2.75, 3.05) is 0 Å². The van der Waals surface area contributed by atoms with Gasteiger partial charge in [-0.2, -0.15) is 23.1 Å². The van der Waals surface area contributed by atoms with Crippen molar-refractivity contribution in [1.29, 1.82) is 0 Å². The van der Waals surface area contributed by atoms with Crippen molar-refractivity contribution >= 4 is 0 Å². The van der Waals surface area contributed by atoms with E-state index in [9.17, 15) is 13.2 Å². The summed E-state index contributed by atoms with van der Waals surface area (Å²) < 4.78 is 48.1. The quantitative estimate of drug-likeness (QED) is 0.838. The molecule has 0 aliphatic heterocycles. The van der Waals surface area contributed by atoms with Gasteiger partial charge < -0.3 is 9.47 Å². The fourth-order valence-corrected chi connectivity index (χ4v) is 1.11. The number of alkyl halides is 3. The molecule has 0 atom stereocenters. The Bertz CT molecular complexity index is 378. The van der Waals surface area contributed by atoms with E-state index in [1.807, 2.05) is 0 Å². The first-order valence-corrected chi connectivity index (χ1v) is 5.48. The molecule has 0 radical (unpaired) electrons. The van der Waals surface area contributed by atoms with Crippen molar-refractivity contribution in [3.63, 3.8) is 0 Å². The zero-order chi connectivity index (χ0) is 13.9. The van der Waals surface area contributed by atoms with Gasteiger partial charge in [0.25, 0.3) is 0 Å². The first-order valence-electron chi connectivity index (χ1n) is 5.48. The van der Waals surface area contributed by atoms with Crippen molar-refractivity contribution in [1.82, 2.24) is 9.97 Å². The van der Waals surface area contributed by atoms with E-state index in [4.69, 9.17) is 9.47 Å². The van der Waals surface area contributed by atoms with Crippen LogP contribution in [-0.4, -0.2) is 22.2 Å². The Balaban J connectivity index is 3.11. The predicted octanol–water partition coefficient (Wildman–Crippen LogP) is 3.07. The smallest absolute Gasteiger partial charge is 0.433 e. The van der Waals surface area contributed by atoms with Crippen LogP contribution in [0.25, 0.3) is 0 Å². The van der Waals surface area contributed by atoms with Crippen LogP contribution in [0.1, 0.15) is 33.4 Å². The van der Waals surface area contributed by atoms with Gasteiger partial charge in [-0.15, -0.1) is 0 Å². The fraction of sp³-hybridized carbons (Fsp3) is 0.636. The number of ether oxygens (including phenoxy) is 2. The van der Waals surface area contributed by atoms with Crippen LogP contribution in [-0.2, 0) is 6.18 Å². The predicted molar refractivity (Wildman–Crippen MR) is 58.6 cm³/mol. The lowest BCUT2D eigenvalue weighted by Crippen LogP contribution is -2.15. The van der Waals surface area contributed by atoms with Crippen LogP contribution in [0.2, 0.25) is 0 Å². The minimum absolute atomic E-state index is 0.150. The van der Waals surface area contributed by atoms with Gasteiger partial charge in [0.1, 0.15) is 0 Å². The summed E-state index contributed by atoms with van der Waals surface area (Å²) >= 11 is 0. The summed E-state index contributed by atoms with van der Waals surface area (Å²) in [4.78, 5) is 7.09. The Morgan fingerprint density at radius 3 is 2.00 bits per heavy atom. The minimum Gasteiger partial charge on any atom is -0.475 e. The molecule has 1 rings (SSSR count). The molecule has 0 aliphatic rings. The molecule has 0 aliphatic carbocycles. The molecule has 1 aromatic heterocycles. The lowest BCUT2D eigenvalue weighted by molar-refractivity contribution is -0.141. The molecule has 0 amide bonds. The summed E-state index contributed by atoms with van der Waals surface area (Å²) in [5, 5.41) is 0. The first kappa shape index (κ1) is 14.5. The third kappa shape index (κ3) is 4.38. The molecule has 7 heteroatoms. The zero-order valence-electron chi connectivity index (χ0n) is 10.6. The summed E-state index contributed by atoms with van der Waals surface area (Å²) in [5.41, 5.74) is -1.08. The second-order valence-electron chi connectivity index (χ2n) is 4.20. The minimum atomic E-state index is -4.56. The van der Waals surface area contributed by atoms with E-state index in [1.165, 1.54) is 0 Å². The molecule has 0 aromatic carbocycles. The van der Waals surface area contributed by atoms with Crippen LogP contribution >= 0.6 is 0 Å². The van der Waals surface area contributed by atoms with Gasteiger partial charge in [0, 0.05) is 6.07 Å². The summed E-state index contributed by atoms with van der Waals surface area (Å²) in [6, 6.07) is 0.420. The van der Waals surface area contributed by atoms with Gasteiger partial charge in [-0.3, -0.25) is 0 Å². The SMILES string of the molecule is CC(C)Oc1cc(C(F)(F)F)nc(OC(C)C)n1. The number of hydrogen-bond donors (Lipinski definition) is 0. The summed E-state index contributed by atoms with van der Waals surface area (Å²) in [5.74, 6) is -0.150. The van der Waals surface area contributed by atoms with E-state index in [2.05, 4.69) is 9.97 Å². The molecule has 1 aromatic rings. The molecule has 0 saturated carbocycles. The van der Waals surface area contributed by atoms with E-state index in [0.29, 0.717) is 0 Å². The molecule has 1 heterocycles. The average Bonchev–Trinajstić information content (AvgIpc) is 2.13. The third-order valence-electron chi connectivity index (χ3n) is 1.67. The van der Waals surface area contributed by atoms with Crippen LogP contribution in [0.5, 0.6) is 11.9 Å². The summed E-state index contributed by atoms with van der Waals surface area (Å²) in [6.07, 6.45) is -5.17. The number of hydrogen-bond acceptors (Lipinski definition) is 4. The molecule has 0 unspecified atom stereocenters. The van der Waals surface area contributed by atoms with Crippen LogP contribution < -0.4 is 9.47 Å². The van der Waals surface area contributed by atoms with Gasteiger partial charge in [-0.1, -0.05) is 0 Å². The van der Waals surface area contributed by atoms with Gasteiger partial charge in [-0.25, -0.2) is 0 Å². The van der Waals surface area contributed by atoms with Crippen molar-refractivity contribution in [2.45, 2.75) is 46.1 Å². The highest BCUT2D eigenvalue weighted by Gasteiger charge is 2.34. The lowest BCUT2D eigenvalue weighted by atomic mass is 10.4. The van der Waals surface area contributed by atoms with E-state index >= 15 is 0 Å². The van der Waals surface area contributed by atoms with E-state index < -0.39 is 11.9 Å². The second-order valence-corrected chi connectivity index (χ2v) is 4.20. The van der Waals surface area contributed by atoms with E-state index in [-0.39, 0.29) is 24.1 Å². The van der Waals surface area contributed by atoms with Crippen LogP contribution in [0.3, 0.4) is 0 Å². The number of nitrogens with zero attached hydrogens (tertiary/aromatic N) is 2. The van der Waals surface area contributed by atoms with Gasteiger partial charge in [-0.05, 0) is 27.7 Å². The lowest BCUT2D eigenvalue weighted by Gasteiger charge is -2.14. The molecular weight excluding hydrogens is 249 g/mol. The van der Waals surface area contributed by atoms with Crippen LogP contribution in [0, 0.1) is 0 Å². The average molecular weight is 264 g/mol. The molecule has 0 saturated heterocycles. The molecule has 0 spiro atoms. The largest absolute Gasteiger partial charge is 0.475 e. The highest BCUT2D eigenvalue weighted by atomic mass is 19.4. The topological polar surface area (TPSA) is 44.2 Å². The Labute approximate surface area is 103 Å². The van der Waals surface area contributed by atoms with Crippen molar-refractivity contribution in [2.24, 2.45) is 0 Å². The van der Waals surface area contributed by atoms with Gasteiger partial charge in [0.05, 0.1) is 12.2 Å². The normalized spacial score (nSPS) is 12.1. The zero-order valence-corrected chi connectivity index (χ0v) is 10.6. The van der Waals surface area contributed by atoms with Crippen molar-refractivity contribution in [3.8, 4) is 11.9 Å². The van der Waals surface area contributed by atoms with Gasteiger partial charge in [0.2, 0.25) is 5.88 Å². The molecule has 4 nitrogen and oxygen atoms in total. The molecular formula is C11H15F3N2O2. The third-order valence-corrected chi connectivity index (χ3v) is 1.67. The van der Waals surface area contributed by atoms with Crippen molar-refractivity contribution in [3.05, 3.63) is 11.8 Å². The standard InChI is InChI=1S/C11H15F3N2O2/c1-6(2)17-9-5-8(11(12,13)14)15-10(16-9)18-7(3)4/h5-7H,1-4H3. The summed E-state index contributed by atoms with van der Waals surface area (Å²) in [7, 11) is 0. The van der Waals surface area contributed by atoms with Crippen molar-refractivity contribution < 1.29 is 22.6 Å². The highest BCUT2D eigenvalue weighted by molar-refractivity contribution is 5.21. The number of aromatic nitrogens is 2. The maximum Gasteiger partial charge on any atom is 0.433 e. The van der Waals surface area contributed by atoms with Gasteiger partial charge in [0.15, 0.2) is 5.69 Å². The summed E-state index contributed by atoms with van der Waals surface area (Å²) in [6.45, 7) is 6.73. The Morgan fingerprint density at radius 1 is 1.00 bits per heavy atom. The highest BCUT2D eigenvalue weighted by Crippen LogP contribution is 2.31. The van der Waals surface area contributed by atoms with Gasteiger partial charge >= 0.3 is 12.2 Å². The maximum atomic E-state index is 12.6. The Hall–Kier alpha value is -1.53. The molecule has 18 heavy (non-hydrogen) atoms. The first-order chi connectivity index (χ1) is 8.18. The number of rotatable bonds is 4. The monoisotopic (exact) mass is 264 g/mol. The number of halogens is 3. The van der Waals surface area contributed by atoms with E-state index in [1.54, 1.807) is 27.7 Å². The molecule has 0 bridgehead atoms. The molecule has 0 N–H and O–H groups in total. The molecule has 0 fully saturated rings. The second kappa shape index (κ2) is 5.41. The van der Waals surface area contributed by atoms with Crippen LogP contribution in [0.4, 0.5) is 13.2 Å². The van der Waals surface area contributed by atoms with E-state index in [0.717, 1.165) is 6.07 Å². The fourth-order valence-electron chi connectivity index (χ4n) is 1.11. The Kier molecular flexibility index (Phi) is 4.37. The Morgan fingerprint density at radius 2 is 1.56 bits per heavy atom.